The van der Waals surface area contributed by atoms with Crippen molar-refractivity contribution >= 4 is 17.8 Å². The van der Waals surface area contributed by atoms with Crippen LogP contribution in [0.1, 0.15) is 20.3 Å². The number of carbonyl (C=O) groups excluding carboxylic acids is 2. The lowest BCUT2D eigenvalue weighted by atomic mass is 9.77. The zero-order chi connectivity index (χ0) is 19.3. The third-order valence-corrected chi connectivity index (χ3v) is 5.97. The number of aliphatic hydroxyl groups excluding tert-OH is 1. The summed E-state index contributed by atoms with van der Waals surface area (Å²) in [5.41, 5.74) is 0.781. The van der Waals surface area contributed by atoms with E-state index in [1.165, 1.54) is 4.90 Å². The van der Waals surface area contributed by atoms with Crippen molar-refractivity contribution in [3.63, 3.8) is 0 Å². The number of amides is 2. The van der Waals surface area contributed by atoms with Gasteiger partial charge in [0.25, 0.3) is 0 Å². The summed E-state index contributed by atoms with van der Waals surface area (Å²) in [6.45, 7) is 5.25. The van der Waals surface area contributed by atoms with Gasteiger partial charge in [-0.15, -0.1) is 0 Å². The Morgan fingerprint density at radius 2 is 2.00 bits per heavy atom. The van der Waals surface area contributed by atoms with Crippen molar-refractivity contribution in [2.75, 3.05) is 33.7 Å². The molecule has 3 unspecified atom stereocenters. The first-order valence-corrected chi connectivity index (χ1v) is 9.06. The van der Waals surface area contributed by atoms with Crippen molar-refractivity contribution in [1.29, 1.82) is 0 Å². The predicted molar refractivity (Wildman–Crippen MR) is 92.9 cm³/mol. The van der Waals surface area contributed by atoms with E-state index in [0.29, 0.717) is 13.1 Å². The Labute approximate surface area is 153 Å². The van der Waals surface area contributed by atoms with Crippen LogP contribution in [0.2, 0.25) is 0 Å². The van der Waals surface area contributed by atoms with Gasteiger partial charge < -0.3 is 20.0 Å². The van der Waals surface area contributed by atoms with Gasteiger partial charge in [-0.05, 0) is 25.5 Å². The molecule has 8 nitrogen and oxygen atoms in total. The van der Waals surface area contributed by atoms with Crippen molar-refractivity contribution in [2.45, 2.75) is 32.4 Å². The van der Waals surface area contributed by atoms with Gasteiger partial charge in [0, 0.05) is 33.1 Å². The molecule has 3 aliphatic heterocycles. The molecule has 2 amide bonds. The number of fused-ring (bicyclic) bond motifs is 1. The minimum Gasteiger partial charge on any atom is -0.477 e. The van der Waals surface area contributed by atoms with E-state index in [9.17, 15) is 24.6 Å². The lowest BCUT2D eigenvalue weighted by Gasteiger charge is -2.46. The normalized spacial score (nSPS) is 32.5. The molecule has 0 spiro atoms. The summed E-state index contributed by atoms with van der Waals surface area (Å²) in [7, 11) is 3.48. The average Bonchev–Trinajstić information content (AvgIpc) is 3.09. The molecule has 2 N–H and O–H groups in total. The van der Waals surface area contributed by atoms with E-state index >= 15 is 0 Å². The molecule has 5 atom stereocenters. The molecule has 0 aliphatic carbocycles. The standard InChI is InChI=1S/C18H27N3O5/c1-9-12(8-20-6-5-11(7-20)16(23)19(3)4)15(18(25)26)21-14(9)13(10(2)22)17(21)24/h9-11,13-14,22H,5-8H2,1-4H3,(H,25,26)/t9?,10-,11+,13?,14?/m1/s1. The summed E-state index contributed by atoms with van der Waals surface area (Å²) < 4.78 is 0. The van der Waals surface area contributed by atoms with E-state index in [2.05, 4.69) is 4.90 Å². The van der Waals surface area contributed by atoms with Gasteiger partial charge >= 0.3 is 5.97 Å². The Balaban J connectivity index is 1.78. The van der Waals surface area contributed by atoms with E-state index in [1.54, 1.807) is 25.9 Å². The van der Waals surface area contributed by atoms with Crippen molar-refractivity contribution in [1.82, 2.24) is 14.7 Å². The molecule has 3 rings (SSSR count). The van der Waals surface area contributed by atoms with E-state index < -0.39 is 18.0 Å². The zero-order valence-electron chi connectivity index (χ0n) is 15.7. The maximum atomic E-state index is 12.3. The first-order chi connectivity index (χ1) is 12.1. The third kappa shape index (κ3) is 2.81. The Morgan fingerprint density at radius 1 is 1.35 bits per heavy atom. The maximum absolute atomic E-state index is 12.3. The SMILES string of the molecule is CC1C(CN2CC[C@H](C(=O)N(C)C)C2)=C(C(=O)O)N2C(=O)C([C@@H](C)O)C12. The molecule has 0 radical (unpaired) electrons. The van der Waals surface area contributed by atoms with Gasteiger partial charge in [-0.25, -0.2) is 4.79 Å². The van der Waals surface area contributed by atoms with Crippen LogP contribution in [0.4, 0.5) is 0 Å². The van der Waals surface area contributed by atoms with E-state index in [1.807, 2.05) is 6.92 Å². The lowest BCUT2D eigenvalue weighted by molar-refractivity contribution is -0.163. The minimum atomic E-state index is -1.10. The topological polar surface area (TPSA) is 101 Å². The molecule has 2 saturated heterocycles. The van der Waals surface area contributed by atoms with Crippen LogP contribution >= 0.6 is 0 Å². The van der Waals surface area contributed by atoms with Crippen molar-refractivity contribution in [3.05, 3.63) is 11.3 Å². The summed E-state index contributed by atoms with van der Waals surface area (Å²) in [5, 5.41) is 19.5. The van der Waals surface area contributed by atoms with Crippen LogP contribution in [-0.4, -0.2) is 88.6 Å². The fourth-order valence-electron chi connectivity index (χ4n) is 4.64. The van der Waals surface area contributed by atoms with Crippen LogP contribution in [0, 0.1) is 17.8 Å². The predicted octanol–water partition coefficient (Wildman–Crippen LogP) is -0.407. The molecule has 3 heterocycles. The van der Waals surface area contributed by atoms with Gasteiger partial charge in [0.05, 0.1) is 24.0 Å². The van der Waals surface area contributed by atoms with Crippen molar-refractivity contribution < 1.29 is 24.6 Å². The number of aliphatic carboxylic acids is 1. The monoisotopic (exact) mass is 365 g/mol. The quantitative estimate of drug-likeness (QED) is 0.643. The number of likely N-dealkylation sites (tertiary alicyclic amines) is 1. The summed E-state index contributed by atoms with van der Waals surface area (Å²) in [5.74, 6) is -2.06. The minimum absolute atomic E-state index is 0.0618. The van der Waals surface area contributed by atoms with Crippen LogP contribution in [0.5, 0.6) is 0 Å². The van der Waals surface area contributed by atoms with E-state index in [-0.39, 0.29) is 35.4 Å². The van der Waals surface area contributed by atoms with Crippen LogP contribution < -0.4 is 0 Å². The Morgan fingerprint density at radius 3 is 2.54 bits per heavy atom. The van der Waals surface area contributed by atoms with Gasteiger partial charge in [0.2, 0.25) is 11.8 Å². The van der Waals surface area contributed by atoms with Gasteiger partial charge in [0.1, 0.15) is 5.70 Å². The molecular formula is C18H27N3O5. The molecule has 0 bridgehead atoms. The van der Waals surface area contributed by atoms with Crippen LogP contribution in [0.15, 0.2) is 11.3 Å². The highest BCUT2D eigenvalue weighted by molar-refractivity contribution is 6.00. The Hall–Kier alpha value is -1.93. The molecular weight excluding hydrogens is 338 g/mol. The zero-order valence-corrected chi connectivity index (χ0v) is 15.7. The Bertz CT molecular complexity index is 672. The van der Waals surface area contributed by atoms with Crippen LogP contribution in [-0.2, 0) is 14.4 Å². The highest BCUT2D eigenvalue weighted by Crippen LogP contribution is 2.47. The average molecular weight is 365 g/mol. The summed E-state index contributed by atoms with van der Waals surface area (Å²) in [6.07, 6.45) is -0.0434. The van der Waals surface area contributed by atoms with Gasteiger partial charge in [-0.1, -0.05) is 6.92 Å². The summed E-state index contributed by atoms with van der Waals surface area (Å²) in [6, 6.07) is -0.287. The molecule has 2 fully saturated rings. The second kappa shape index (κ2) is 6.66. The number of carboxylic acids is 1. The number of carbonyl (C=O) groups is 3. The fourth-order valence-corrected chi connectivity index (χ4v) is 4.64. The lowest BCUT2D eigenvalue weighted by Crippen LogP contribution is -2.63. The van der Waals surface area contributed by atoms with Crippen LogP contribution in [0.3, 0.4) is 0 Å². The molecule has 0 aromatic heterocycles. The summed E-state index contributed by atoms with van der Waals surface area (Å²) >= 11 is 0. The Kier molecular flexibility index (Phi) is 4.83. The van der Waals surface area contributed by atoms with Crippen molar-refractivity contribution in [2.24, 2.45) is 17.8 Å². The molecule has 0 aromatic rings. The number of aliphatic hydroxyl groups is 1. The van der Waals surface area contributed by atoms with Crippen molar-refractivity contribution in [3.8, 4) is 0 Å². The number of carboxylic acid groups (broad SMARTS) is 1. The first-order valence-electron chi connectivity index (χ1n) is 9.06. The van der Waals surface area contributed by atoms with Gasteiger partial charge in [-0.2, -0.15) is 0 Å². The fraction of sp³-hybridized carbons (Fsp3) is 0.722. The molecule has 0 saturated carbocycles. The molecule has 0 aromatic carbocycles. The van der Waals surface area contributed by atoms with E-state index in [4.69, 9.17) is 0 Å². The highest BCUT2D eigenvalue weighted by Gasteiger charge is 2.59. The molecule has 8 heteroatoms. The number of hydrogen-bond donors (Lipinski definition) is 2. The first kappa shape index (κ1) is 18.8. The van der Waals surface area contributed by atoms with Gasteiger partial charge in [0.15, 0.2) is 0 Å². The maximum Gasteiger partial charge on any atom is 0.352 e. The highest BCUT2D eigenvalue weighted by atomic mass is 16.4. The smallest absolute Gasteiger partial charge is 0.352 e. The molecule has 3 aliphatic rings. The van der Waals surface area contributed by atoms with Crippen LogP contribution in [0.25, 0.3) is 0 Å². The summed E-state index contributed by atoms with van der Waals surface area (Å²) in [4.78, 5) is 41.3. The number of rotatable bonds is 5. The number of hydrogen-bond acceptors (Lipinski definition) is 5. The second-order valence-electron chi connectivity index (χ2n) is 7.89. The number of nitrogens with zero attached hydrogens (tertiary/aromatic N) is 3. The van der Waals surface area contributed by atoms with E-state index in [0.717, 1.165) is 18.5 Å². The number of β-lactam (4-membered cyclic amide) rings is 1. The third-order valence-electron chi connectivity index (χ3n) is 5.97. The molecule has 26 heavy (non-hydrogen) atoms. The van der Waals surface area contributed by atoms with Gasteiger partial charge in [-0.3, -0.25) is 14.5 Å². The largest absolute Gasteiger partial charge is 0.477 e. The second-order valence-corrected chi connectivity index (χ2v) is 7.89. The molecule has 144 valence electrons.